The van der Waals surface area contributed by atoms with Gasteiger partial charge in [0, 0.05) is 24.3 Å². The number of aryl methyl sites for hydroxylation is 1. The Kier molecular flexibility index (Phi) is 3.42. The molecule has 2 bridgehead atoms. The van der Waals surface area contributed by atoms with Crippen LogP contribution < -0.4 is 5.32 Å². The Labute approximate surface area is 110 Å². The first-order chi connectivity index (χ1) is 8.80. The van der Waals surface area contributed by atoms with E-state index in [2.05, 4.69) is 30.6 Å². The summed E-state index contributed by atoms with van der Waals surface area (Å²) in [5.74, 6) is 3.02. The van der Waals surface area contributed by atoms with Gasteiger partial charge in [-0.25, -0.2) is 0 Å². The van der Waals surface area contributed by atoms with Crippen LogP contribution in [0.15, 0.2) is 12.4 Å². The fraction of sp³-hybridized carbons (Fsp3) is 0.800. The molecule has 3 nitrogen and oxygen atoms in total. The second-order valence-corrected chi connectivity index (χ2v) is 6.14. The van der Waals surface area contributed by atoms with Crippen molar-refractivity contribution >= 4 is 0 Å². The van der Waals surface area contributed by atoms with Gasteiger partial charge in [0.05, 0.1) is 6.20 Å². The van der Waals surface area contributed by atoms with E-state index in [-0.39, 0.29) is 0 Å². The maximum absolute atomic E-state index is 4.40. The van der Waals surface area contributed by atoms with E-state index >= 15 is 0 Å². The Bertz CT molecular complexity index is 398. The molecule has 1 heterocycles. The molecule has 0 amide bonds. The van der Waals surface area contributed by atoms with Gasteiger partial charge < -0.3 is 5.32 Å². The van der Waals surface area contributed by atoms with Gasteiger partial charge in [0.2, 0.25) is 0 Å². The number of hydrogen-bond donors (Lipinski definition) is 1. The second-order valence-electron chi connectivity index (χ2n) is 6.14. The van der Waals surface area contributed by atoms with Crippen LogP contribution in [0.25, 0.3) is 0 Å². The number of nitrogens with one attached hydrogen (secondary N) is 1. The third-order valence-electron chi connectivity index (χ3n) is 5.15. The Balaban J connectivity index is 1.65. The van der Waals surface area contributed by atoms with Crippen molar-refractivity contribution in [3.8, 4) is 0 Å². The Morgan fingerprint density at radius 2 is 2.33 bits per heavy atom. The summed E-state index contributed by atoms with van der Waals surface area (Å²) in [7, 11) is 2.08. The van der Waals surface area contributed by atoms with Crippen LogP contribution in [0.3, 0.4) is 0 Å². The number of rotatable bonds is 5. The molecule has 2 aliphatic carbocycles. The van der Waals surface area contributed by atoms with E-state index < -0.39 is 0 Å². The van der Waals surface area contributed by atoms with Crippen molar-refractivity contribution in [1.29, 1.82) is 0 Å². The monoisotopic (exact) mass is 247 g/mol. The lowest BCUT2D eigenvalue weighted by Gasteiger charge is -2.26. The highest BCUT2D eigenvalue weighted by Crippen LogP contribution is 2.50. The topological polar surface area (TPSA) is 29.9 Å². The van der Waals surface area contributed by atoms with Gasteiger partial charge in [0.1, 0.15) is 0 Å². The van der Waals surface area contributed by atoms with Gasteiger partial charge in [-0.1, -0.05) is 6.42 Å². The zero-order chi connectivity index (χ0) is 12.5. The number of hydrogen-bond acceptors (Lipinski definition) is 2. The van der Waals surface area contributed by atoms with Crippen LogP contribution in [0.2, 0.25) is 0 Å². The average molecular weight is 247 g/mol. The Hall–Kier alpha value is -0.830. The lowest BCUT2D eigenvalue weighted by atomic mass is 9.83. The van der Waals surface area contributed by atoms with Crippen molar-refractivity contribution in [3.05, 3.63) is 18.0 Å². The first kappa shape index (κ1) is 12.2. The SMILES string of the molecule is CCn1cc(C(CC2CC3CCC2C3)NC)cn1. The standard InChI is InChI=1S/C15H25N3/c1-3-18-10-14(9-17-18)15(16-2)8-13-7-11-4-5-12(13)6-11/h9-13,15-16H,3-8H2,1-2H3. The molecule has 18 heavy (non-hydrogen) atoms. The van der Waals surface area contributed by atoms with E-state index in [9.17, 15) is 0 Å². The van der Waals surface area contributed by atoms with Crippen LogP contribution in [-0.4, -0.2) is 16.8 Å². The third kappa shape index (κ3) is 2.20. The molecule has 2 saturated carbocycles. The van der Waals surface area contributed by atoms with E-state index in [4.69, 9.17) is 0 Å². The van der Waals surface area contributed by atoms with E-state index in [1.54, 1.807) is 0 Å². The molecular weight excluding hydrogens is 222 g/mol. The molecule has 0 radical (unpaired) electrons. The summed E-state index contributed by atoms with van der Waals surface area (Å²) >= 11 is 0. The zero-order valence-corrected chi connectivity index (χ0v) is 11.6. The predicted octanol–water partition coefficient (Wildman–Crippen LogP) is 2.99. The Morgan fingerprint density at radius 3 is 2.89 bits per heavy atom. The summed E-state index contributed by atoms with van der Waals surface area (Å²) in [6.45, 7) is 3.10. The molecule has 0 spiro atoms. The summed E-state index contributed by atoms with van der Waals surface area (Å²) in [5.41, 5.74) is 1.36. The summed E-state index contributed by atoms with van der Waals surface area (Å²) in [6, 6.07) is 0.495. The quantitative estimate of drug-likeness (QED) is 0.867. The molecule has 4 unspecified atom stereocenters. The van der Waals surface area contributed by atoms with Crippen molar-refractivity contribution < 1.29 is 0 Å². The van der Waals surface area contributed by atoms with Crippen LogP contribution in [0.4, 0.5) is 0 Å². The van der Waals surface area contributed by atoms with E-state index in [0.29, 0.717) is 6.04 Å². The normalized spacial score (nSPS) is 32.0. The minimum absolute atomic E-state index is 0.495. The Morgan fingerprint density at radius 1 is 1.44 bits per heavy atom. The van der Waals surface area contributed by atoms with Crippen LogP contribution in [0.5, 0.6) is 0 Å². The van der Waals surface area contributed by atoms with Crippen molar-refractivity contribution in [2.24, 2.45) is 17.8 Å². The first-order valence-corrected chi connectivity index (χ1v) is 7.49. The molecule has 4 atom stereocenters. The highest BCUT2D eigenvalue weighted by Gasteiger charge is 2.40. The lowest BCUT2D eigenvalue weighted by molar-refractivity contribution is 0.284. The van der Waals surface area contributed by atoms with Gasteiger partial charge in [0.25, 0.3) is 0 Å². The van der Waals surface area contributed by atoms with Gasteiger partial charge in [0.15, 0.2) is 0 Å². The van der Waals surface area contributed by atoms with Gasteiger partial charge in [-0.05, 0) is 57.4 Å². The number of fused-ring (bicyclic) bond motifs is 2. The maximum atomic E-state index is 4.40. The number of nitrogens with zero attached hydrogens (tertiary/aromatic N) is 2. The molecule has 2 aliphatic rings. The third-order valence-corrected chi connectivity index (χ3v) is 5.15. The molecule has 100 valence electrons. The highest BCUT2D eigenvalue weighted by atomic mass is 15.3. The smallest absolute Gasteiger partial charge is 0.0537 e. The van der Waals surface area contributed by atoms with Gasteiger partial charge in [-0.15, -0.1) is 0 Å². The molecule has 3 heteroatoms. The summed E-state index contributed by atoms with van der Waals surface area (Å²) in [4.78, 5) is 0. The van der Waals surface area contributed by atoms with Crippen LogP contribution in [0, 0.1) is 17.8 Å². The largest absolute Gasteiger partial charge is 0.313 e. The minimum atomic E-state index is 0.495. The summed E-state index contributed by atoms with van der Waals surface area (Å²) in [6.07, 6.45) is 11.5. The predicted molar refractivity (Wildman–Crippen MR) is 73.3 cm³/mol. The molecule has 2 fully saturated rings. The zero-order valence-electron chi connectivity index (χ0n) is 11.6. The lowest BCUT2D eigenvalue weighted by Crippen LogP contribution is -2.22. The van der Waals surface area contributed by atoms with Crippen LogP contribution in [-0.2, 0) is 6.54 Å². The molecule has 0 aliphatic heterocycles. The average Bonchev–Trinajstić information content (AvgIpc) is 3.10. The molecule has 1 aromatic heterocycles. The van der Waals surface area contributed by atoms with Gasteiger partial charge in [-0.3, -0.25) is 4.68 Å². The van der Waals surface area contributed by atoms with E-state index in [1.807, 2.05) is 10.9 Å². The second kappa shape index (κ2) is 5.04. The van der Waals surface area contributed by atoms with E-state index in [1.165, 1.54) is 37.7 Å². The molecule has 1 aromatic rings. The van der Waals surface area contributed by atoms with Gasteiger partial charge >= 0.3 is 0 Å². The fourth-order valence-corrected chi connectivity index (χ4v) is 4.12. The summed E-state index contributed by atoms with van der Waals surface area (Å²) in [5, 5.41) is 7.89. The van der Waals surface area contributed by atoms with Crippen molar-refractivity contribution in [2.75, 3.05) is 7.05 Å². The molecule has 3 rings (SSSR count). The number of aromatic nitrogens is 2. The first-order valence-electron chi connectivity index (χ1n) is 7.49. The molecule has 0 saturated heterocycles. The fourth-order valence-electron chi connectivity index (χ4n) is 4.12. The highest BCUT2D eigenvalue weighted by molar-refractivity contribution is 5.11. The van der Waals surface area contributed by atoms with Crippen molar-refractivity contribution in [1.82, 2.24) is 15.1 Å². The molecule has 1 N–H and O–H groups in total. The summed E-state index contributed by atoms with van der Waals surface area (Å²) < 4.78 is 2.03. The van der Waals surface area contributed by atoms with Gasteiger partial charge in [-0.2, -0.15) is 5.10 Å². The van der Waals surface area contributed by atoms with E-state index in [0.717, 1.165) is 24.3 Å². The molecular formula is C15H25N3. The van der Waals surface area contributed by atoms with Crippen LogP contribution in [0.1, 0.15) is 50.6 Å². The van der Waals surface area contributed by atoms with Crippen molar-refractivity contribution in [2.45, 2.75) is 51.6 Å². The minimum Gasteiger partial charge on any atom is -0.313 e. The maximum Gasteiger partial charge on any atom is 0.0537 e. The van der Waals surface area contributed by atoms with Crippen LogP contribution >= 0.6 is 0 Å². The van der Waals surface area contributed by atoms with Crippen molar-refractivity contribution in [3.63, 3.8) is 0 Å². The molecule has 0 aromatic carbocycles.